The highest BCUT2D eigenvalue weighted by Crippen LogP contribution is 2.38. The molecule has 5 rings (SSSR count). The summed E-state index contributed by atoms with van der Waals surface area (Å²) in [5.41, 5.74) is 1.10. The van der Waals surface area contributed by atoms with Crippen LogP contribution in [0.3, 0.4) is 0 Å². The van der Waals surface area contributed by atoms with Crippen LogP contribution in [0.5, 0.6) is 11.5 Å². The molecule has 0 spiro atoms. The lowest BCUT2D eigenvalue weighted by atomic mass is 9.91. The molecule has 2 aromatic carbocycles. The third kappa shape index (κ3) is 3.14. The van der Waals surface area contributed by atoms with Crippen LogP contribution in [-0.2, 0) is 16.9 Å². The molecule has 3 aromatic rings. The van der Waals surface area contributed by atoms with Gasteiger partial charge >= 0.3 is 6.03 Å². The zero-order chi connectivity index (χ0) is 20.9. The fraction of sp³-hybridized carbons (Fsp3) is 0.190. The van der Waals surface area contributed by atoms with Gasteiger partial charge in [-0.2, -0.15) is 0 Å². The predicted octanol–water partition coefficient (Wildman–Crippen LogP) is 4.27. The van der Waals surface area contributed by atoms with Gasteiger partial charge in [-0.1, -0.05) is 34.1 Å². The topological polar surface area (TPSA) is 80.8 Å². The van der Waals surface area contributed by atoms with Gasteiger partial charge in [0.15, 0.2) is 11.5 Å². The molecule has 0 bridgehead atoms. The number of carbonyl (C=O) groups is 2. The highest BCUT2D eigenvalue weighted by Gasteiger charge is 2.49. The van der Waals surface area contributed by atoms with Gasteiger partial charge in [0.2, 0.25) is 6.79 Å². The molecule has 1 atom stereocenters. The molecule has 30 heavy (non-hydrogen) atoms. The first kappa shape index (κ1) is 19.1. The second kappa shape index (κ2) is 7.10. The maximum atomic E-state index is 13.2. The van der Waals surface area contributed by atoms with E-state index in [0.29, 0.717) is 22.8 Å². The van der Waals surface area contributed by atoms with E-state index in [1.165, 1.54) is 16.2 Å². The number of imide groups is 1. The van der Waals surface area contributed by atoms with E-state index in [4.69, 9.17) is 9.47 Å². The molecule has 3 heterocycles. The quantitative estimate of drug-likeness (QED) is 0.558. The monoisotopic (exact) mass is 485 g/mol. The molecule has 1 N–H and O–H groups in total. The van der Waals surface area contributed by atoms with Crippen LogP contribution >= 0.6 is 27.3 Å². The summed E-state index contributed by atoms with van der Waals surface area (Å²) in [6.45, 7) is 1.94. The van der Waals surface area contributed by atoms with Gasteiger partial charge in [0.1, 0.15) is 10.5 Å². The Morgan fingerprint density at radius 3 is 2.87 bits per heavy atom. The van der Waals surface area contributed by atoms with Crippen LogP contribution in [-0.4, -0.2) is 28.6 Å². The van der Waals surface area contributed by atoms with Crippen molar-refractivity contribution in [3.63, 3.8) is 0 Å². The van der Waals surface area contributed by atoms with Gasteiger partial charge in [0, 0.05) is 15.4 Å². The lowest BCUT2D eigenvalue weighted by Gasteiger charge is -2.22. The van der Waals surface area contributed by atoms with Crippen molar-refractivity contribution >= 4 is 39.2 Å². The Labute approximate surface area is 184 Å². The molecule has 3 amide bonds. The van der Waals surface area contributed by atoms with Crippen LogP contribution in [0.4, 0.5) is 4.79 Å². The van der Waals surface area contributed by atoms with Crippen molar-refractivity contribution in [3.05, 3.63) is 63.6 Å². The average Bonchev–Trinajstić information content (AvgIpc) is 3.44. The number of aromatic nitrogens is 1. The number of halogens is 1. The minimum atomic E-state index is -1.18. The lowest BCUT2D eigenvalue weighted by molar-refractivity contribution is -0.131. The van der Waals surface area contributed by atoms with E-state index in [0.717, 1.165) is 15.0 Å². The number of urea groups is 1. The van der Waals surface area contributed by atoms with Crippen LogP contribution in [0.25, 0.3) is 10.6 Å². The van der Waals surface area contributed by atoms with Crippen molar-refractivity contribution in [1.29, 1.82) is 0 Å². The number of benzene rings is 2. The fourth-order valence-corrected chi connectivity index (χ4v) is 4.75. The van der Waals surface area contributed by atoms with E-state index < -0.39 is 11.6 Å². The minimum Gasteiger partial charge on any atom is -0.454 e. The van der Waals surface area contributed by atoms with E-state index >= 15 is 0 Å². The molecular weight excluding hydrogens is 470 g/mol. The van der Waals surface area contributed by atoms with Crippen LogP contribution in [0.2, 0.25) is 0 Å². The third-order valence-electron chi connectivity index (χ3n) is 5.17. The van der Waals surface area contributed by atoms with Gasteiger partial charge in [-0.3, -0.25) is 9.69 Å². The summed E-state index contributed by atoms with van der Waals surface area (Å²) in [5.74, 6) is 0.856. The number of thiazole rings is 1. The summed E-state index contributed by atoms with van der Waals surface area (Å²) in [4.78, 5) is 31.7. The van der Waals surface area contributed by atoms with E-state index in [2.05, 4.69) is 26.2 Å². The summed E-state index contributed by atoms with van der Waals surface area (Å²) in [6, 6.07) is 12.6. The Hall–Kier alpha value is -2.91. The Bertz CT molecular complexity index is 1180. The summed E-state index contributed by atoms with van der Waals surface area (Å²) >= 11 is 4.94. The highest BCUT2D eigenvalue weighted by molar-refractivity contribution is 9.10. The molecule has 1 aromatic heterocycles. The first-order valence-electron chi connectivity index (χ1n) is 9.18. The lowest BCUT2D eigenvalue weighted by Crippen LogP contribution is -2.40. The van der Waals surface area contributed by atoms with Crippen LogP contribution in [0.1, 0.15) is 18.2 Å². The van der Waals surface area contributed by atoms with Gasteiger partial charge in [0.25, 0.3) is 5.91 Å². The first-order chi connectivity index (χ1) is 14.4. The standard InChI is InChI=1S/C21H16BrN3O4S/c1-21(13-5-6-16-17(8-13)29-11-28-16)19(26)25(20(27)24-21)9-15-10-30-18(23-15)12-3-2-4-14(22)7-12/h2-8,10H,9,11H2,1H3,(H,24,27). The van der Waals surface area contributed by atoms with Gasteiger partial charge < -0.3 is 14.8 Å². The Morgan fingerprint density at radius 2 is 2.03 bits per heavy atom. The number of fused-ring (bicyclic) bond motifs is 1. The Kier molecular flexibility index (Phi) is 4.52. The van der Waals surface area contributed by atoms with Crippen molar-refractivity contribution in [2.24, 2.45) is 0 Å². The Balaban J connectivity index is 1.39. The number of amides is 3. The molecule has 1 saturated heterocycles. The van der Waals surface area contributed by atoms with Crippen LogP contribution in [0, 0.1) is 0 Å². The number of hydrogen-bond acceptors (Lipinski definition) is 6. The van der Waals surface area contributed by atoms with E-state index in [-0.39, 0.29) is 19.2 Å². The molecule has 0 radical (unpaired) electrons. The number of rotatable bonds is 4. The zero-order valence-corrected chi connectivity index (χ0v) is 18.2. The summed E-state index contributed by atoms with van der Waals surface area (Å²) in [5, 5.41) is 5.51. The molecule has 0 saturated carbocycles. The number of carbonyl (C=O) groups excluding carboxylic acids is 2. The van der Waals surface area contributed by atoms with Crippen molar-refractivity contribution in [2.45, 2.75) is 19.0 Å². The van der Waals surface area contributed by atoms with Crippen molar-refractivity contribution in [3.8, 4) is 22.1 Å². The second-order valence-electron chi connectivity index (χ2n) is 7.17. The predicted molar refractivity (Wildman–Crippen MR) is 114 cm³/mol. The number of hydrogen-bond donors (Lipinski definition) is 1. The van der Waals surface area contributed by atoms with E-state index in [9.17, 15) is 9.59 Å². The smallest absolute Gasteiger partial charge is 0.325 e. The van der Waals surface area contributed by atoms with Crippen molar-refractivity contribution < 1.29 is 19.1 Å². The van der Waals surface area contributed by atoms with Crippen LogP contribution < -0.4 is 14.8 Å². The molecule has 0 aliphatic carbocycles. The van der Waals surface area contributed by atoms with Crippen molar-refractivity contribution in [2.75, 3.05) is 6.79 Å². The molecule has 2 aliphatic rings. The molecule has 2 aliphatic heterocycles. The summed E-state index contributed by atoms with van der Waals surface area (Å²) < 4.78 is 11.7. The number of nitrogens with zero attached hydrogens (tertiary/aromatic N) is 2. The Morgan fingerprint density at radius 1 is 1.20 bits per heavy atom. The van der Waals surface area contributed by atoms with Gasteiger partial charge in [-0.25, -0.2) is 9.78 Å². The molecule has 7 nitrogen and oxygen atoms in total. The van der Waals surface area contributed by atoms with Crippen LogP contribution in [0.15, 0.2) is 52.3 Å². The summed E-state index contributed by atoms with van der Waals surface area (Å²) in [6.07, 6.45) is 0. The molecular formula is C21H16BrN3O4S. The summed E-state index contributed by atoms with van der Waals surface area (Å²) in [7, 11) is 0. The van der Waals surface area contributed by atoms with E-state index in [1.54, 1.807) is 25.1 Å². The highest BCUT2D eigenvalue weighted by atomic mass is 79.9. The normalized spacial score (nSPS) is 20.0. The molecule has 152 valence electrons. The van der Waals surface area contributed by atoms with Gasteiger partial charge in [-0.15, -0.1) is 11.3 Å². The van der Waals surface area contributed by atoms with E-state index in [1.807, 2.05) is 29.6 Å². The third-order valence-corrected chi connectivity index (χ3v) is 6.60. The maximum absolute atomic E-state index is 13.2. The SMILES string of the molecule is CC1(c2ccc3c(c2)OCO3)NC(=O)N(Cc2csc(-c3cccc(Br)c3)n2)C1=O. The zero-order valence-electron chi connectivity index (χ0n) is 15.8. The molecule has 1 unspecified atom stereocenters. The maximum Gasteiger partial charge on any atom is 0.325 e. The molecule has 1 fully saturated rings. The second-order valence-corrected chi connectivity index (χ2v) is 8.94. The average molecular weight is 486 g/mol. The number of ether oxygens (including phenoxy) is 2. The van der Waals surface area contributed by atoms with Crippen molar-refractivity contribution in [1.82, 2.24) is 15.2 Å². The molecule has 9 heteroatoms. The number of nitrogens with one attached hydrogen (secondary N) is 1. The van der Waals surface area contributed by atoms with Gasteiger partial charge in [0.05, 0.1) is 12.2 Å². The first-order valence-corrected chi connectivity index (χ1v) is 10.9. The fourth-order valence-electron chi connectivity index (χ4n) is 3.54. The minimum absolute atomic E-state index is 0.106. The largest absolute Gasteiger partial charge is 0.454 e. The van der Waals surface area contributed by atoms with Gasteiger partial charge in [-0.05, 0) is 36.8 Å².